The normalized spacial score (nSPS) is 17.0. The van der Waals surface area contributed by atoms with Gasteiger partial charge in [-0.2, -0.15) is 0 Å². The number of hydrogen-bond acceptors (Lipinski definition) is 3. The number of fused-ring (bicyclic) bond motifs is 1. The SMILES string of the molecule is COc1ccccc1C(=O)N1CC(C)C(=O)Nc2ccccc21. The first kappa shape index (κ1) is 15.1. The summed E-state index contributed by atoms with van der Waals surface area (Å²) in [6.45, 7) is 2.13. The summed E-state index contributed by atoms with van der Waals surface area (Å²) < 4.78 is 5.29. The molecule has 0 radical (unpaired) electrons. The third-order valence-corrected chi connectivity index (χ3v) is 3.94. The fourth-order valence-corrected chi connectivity index (χ4v) is 2.68. The van der Waals surface area contributed by atoms with E-state index in [0.29, 0.717) is 29.2 Å². The highest BCUT2D eigenvalue weighted by Crippen LogP contribution is 2.32. The highest BCUT2D eigenvalue weighted by molar-refractivity contribution is 6.12. The zero-order valence-corrected chi connectivity index (χ0v) is 13.1. The molecular formula is C18H18N2O3. The Morgan fingerprint density at radius 3 is 2.65 bits per heavy atom. The number of amides is 2. The number of nitrogens with one attached hydrogen (secondary N) is 1. The monoisotopic (exact) mass is 310 g/mol. The molecule has 0 saturated carbocycles. The molecule has 2 aromatic carbocycles. The number of carbonyl (C=O) groups is 2. The summed E-state index contributed by atoms with van der Waals surface area (Å²) in [5.41, 5.74) is 1.82. The van der Waals surface area contributed by atoms with Gasteiger partial charge in [0.1, 0.15) is 5.75 Å². The molecule has 1 heterocycles. The molecule has 1 atom stereocenters. The minimum atomic E-state index is -0.305. The summed E-state index contributed by atoms with van der Waals surface area (Å²) in [7, 11) is 1.54. The molecule has 1 aliphatic heterocycles. The summed E-state index contributed by atoms with van der Waals surface area (Å²) in [5, 5.41) is 2.87. The van der Waals surface area contributed by atoms with E-state index in [1.165, 1.54) is 7.11 Å². The Hall–Kier alpha value is -2.82. The molecule has 0 spiro atoms. The highest BCUT2D eigenvalue weighted by atomic mass is 16.5. The number of ether oxygens (including phenoxy) is 1. The second-order valence-electron chi connectivity index (χ2n) is 5.52. The van der Waals surface area contributed by atoms with Crippen LogP contribution >= 0.6 is 0 Å². The van der Waals surface area contributed by atoms with Gasteiger partial charge in [-0.25, -0.2) is 0 Å². The Balaban J connectivity index is 2.07. The van der Waals surface area contributed by atoms with E-state index in [1.54, 1.807) is 29.2 Å². The van der Waals surface area contributed by atoms with Crippen molar-refractivity contribution in [3.05, 3.63) is 54.1 Å². The van der Waals surface area contributed by atoms with Crippen molar-refractivity contribution in [3.63, 3.8) is 0 Å². The summed E-state index contributed by atoms with van der Waals surface area (Å²) >= 11 is 0. The van der Waals surface area contributed by atoms with Crippen LogP contribution in [0.2, 0.25) is 0 Å². The van der Waals surface area contributed by atoms with Crippen LogP contribution in [-0.4, -0.2) is 25.5 Å². The third-order valence-electron chi connectivity index (χ3n) is 3.94. The lowest BCUT2D eigenvalue weighted by Gasteiger charge is -2.24. The van der Waals surface area contributed by atoms with Crippen molar-refractivity contribution >= 4 is 23.2 Å². The van der Waals surface area contributed by atoms with E-state index in [2.05, 4.69) is 5.32 Å². The minimum absolute atomic E-state index is 0.0900. The first-order valence-electron chi connectivity index (χ1n) is 7.46. The Morgan fingerprint density at radius 1 is 1.17 bits per heavy atom. The van der Waals surface area contributed by atoms with Crippen molar-refractivity contribution in [3.8, 4) is 5.75 Å². The average molecular weight is 310 g/mol. The molecule has 5 heteroatoms. The zero-order valence-electron chi connectivity index (χ0n) is 13.1. The number of rotatable bonds is 2. The van der Waals surface area contributed by atoms with Crippen molar-refractivity contribution in [1.82, 2.24) is 0 Å². The molecule has 0 aromatic heterocycles. The maximum absolute atomic E-state index is 13.1. The van der Waals surface area contributed by atoms with Crippen LogP contribution in [0.25, 0.3) is 0 Å². The van der Waals surface area contributed by atoms with Gasteiger partial charge in [0.25, 0.3) is 5.91 Å². The molecule has 23 heavy (non-hydrogen) atoms. The van der Waals surface area contributed by atoms with Crippen LogP contribution in [0.1, 0.15) is 17.3 Å². The number of benzene rings is 2. The van der Waals surface area contributed by atoms with Crippen LogP contribution in [0.3, 0.4) is 0 Å². The Bertz CT molecular complexity index is 757. The molecule has 0 fully saturated rings. The first-order valence-corrected chi connectivity index (χ1v) is 7.46. The predicted molar refractivity (Wildman–Crippen MR) is 88.9 cm³/mol. The quantitative estimate of drug-likeness (QED) is 0.928. The molecule has 2 aromatic rings. The van der Waals surface area contributed by atoms with Crippen LogP contribution in [0.15, 0.2) is 48.5 Å². The standard InChI is InChI=1S/C18H18N2O3/c1-12-11-20(15-9-5-4-8-14(15)19-17(12)21)18(22)13-7-3-6-10-16(13)23-2/h3-10,12H,11H2,1-2H3,(H,19,21). The van der Waals surface area contributed by atoms with Crippen LogP contribution in [0, 0.1) is 5.92 Å². The van der Waals surface area contributed by atoms with Gasteiger partial charge in [-0.1, -0.05) is 31.2 Å². The van der Waals surface area contributed by atoms with E-state index in [9.17, 15) is 9.59 Å². The lowest BCUT2D eigenvalue weighted by molar-refractivity contribution is -0.119. The van der Waals surface area contributed by atoms with Crippen LogP contribution in [-0.2, 0) is 4.79 Å². The van der Waals surface area contributed by atoms with Crippen molar-refractivity contribution in [1.29, 1.82) is 0 Å². The van der Waals surface area contributed by atoms with E-state index < -0.39 is 0 Å². The van der Waals surface area contributed by atoms with Gasteiger partial charge in [0, 0.05) is 6.54 Å². The van der Waals surface area contributed by atoms with Gasteiger partial charge >= 0.3 is 0 Å². The maximum Gasteiger partial charge on any atom is 0.262 e. The first-order chi connectivity index (χ1) is 11.1. The van der Waals surface area contributed by atoms with Gasteiger partial charge in [0.05, 0.1) is 30.0 Å². The van der Waals surface area contributed by atoms with Gasteiger partial charge in [-0.15, -0.1) is 0 Å². The average Bonchev–Trinajstić information content (AvgIpc) is 2.71. The Morgan fingerprint density at radius 2 is 1.87 bits per heavy atom. The predicted octanol–water partition coefficient (Wildman–Crippen LogP) is 2.93. The lowest BCUT2D eigenvalue weighted by atomic mass is 10.1. The number of hydrogen-bond donors (Lipinski definition) is 1. The number of nitrogens with zero attached hydrogens (tertiary/aromatic N) is 1. The summed E-state index contributed by atoms with van der Waals surface area (Å²) in [5.74, 6) is -0.0572. The molecule has 118 valence electrons. The fraction of sp³-hybridized carbons (Fsp3) is 0.222. The lowest BCUT2D eigenvalue weighted by Crippen LogP contribution is -2.36. The summed E-state index contributed by atoms with van der Waals surface area (Å²) in [4.78, 5) is 26.8. The van der Waals surface area contributed by atoms with Crippen LogP contribution < -0.4 is 15.0 Å². The van der Waals surface area contributed by atoms with E-state index in [0.717, 1.165) is 0 Å². The number of para-hydroxylation sites is 3. The van der Waals surface area contributed by atoms with E-state index in [4.69, 9.17) is 4.74 Å². The van der Waals surface area contributed by atoms with Crippen molar-refractivity contribution < 1.29 is 14.3 Å². The number of carbonyl (C=O) groups excluding carboxylic acids is 2. The van der Waals surface area contributed by atoms with Crippen LogP contribution in [0.5, 0.6) is 5.75 Å². The Labute approximate surface area is 134 Å². The fourth-order valence-electron chi connectivity index (χ4n) is 2.68. The molecule has 1 N–H and O–H groups in total. The molecule has 1 aliphatic rings. The van der Waals surface area contributed by atoms with Gasteiger partial charge in [-0.05, 0) is 24.3 Å². The Kier molecular flexibility index (Phi) is 4.02. The highest BCUT2D eigenvalue weighted by Gasteiger charge is 2.30. The van der Waals surface area contributed by atoms with E-state index in [-0.39, 0.29) is 17.7 Å². The molecule has 1 unspecified atom stereocenters. The third kappa shape index (κ3) is 2.77. The minimum Gasteiger partial charge on any atom is -0.496 e. The second-order valence-corrected chi connectivity index (χ2v) is 5.52. The van der Waals surface area contributed by atoms with Gasteiger partial charge in [0.15, 0.2) is 0 Å². The smallest absolute Gasteiger partial charge is 0.262 e. The molecular weight excluding hydrogens is 292 g/mol. The van der Waals surface area contributed by atoms with Crippen molar-refractivity contribution in [2.45, 2.75) is 6.92 Å². The molecule has 5 nitrogen and oxygen atoms in total. The summed E-state index contributed by atoms with van der Waals surface area (Å²) in [6.07, 6.45) is 0. The van der Waals surface area contributed by atoms with E-state index in [1.807, 2.05) is 31.2 Å². The second kappa shape index (κ2) is 6.12. The molecule has 2 amide bonds. The molecule has 0 saturated heterocycles. The van der Waals surface area contributed by atoms with Crippen molar-refractivity contribution in [2.24, 2.45) is 5.92 Å². The molecule has 0 bridgehead atoms. The largest absolute Gasteiger partial charge is 0.496 e. The van der Waals surface area contributed by atoms with Gasteiger partial charge in [-0.3, -0.25) is 9.59 Å². The van der Waals surface area contributed by atoms with Crippen LogP contribution in [0.4, 0.5) is 11.4 Å². The number of anilines is 2. The summed E-state index contributed by atoms with van der Waals surface area (Å²) in [6, 6.07) is 14.4. The zero-order chi connectivity index (χ0) is 16.4. The van der Waals surface area contributed by atoms with Crippen molar-refractivity contribution in [2.75, 3.05) is 23.9 Å². The molecule has 3 rings (SSSR count). The topological polar surface area (TPSA) is 58.6 Å². The van der Waals surface area contributed by atoms with E-state index >= 15 is 0 Å². The molecule has 0 aliphatic carbocycles. The number of methoxy groups -OCH3 is 1. The van der Waals surface area contributed by atoms with Gasteiger partial charge < -0.3 is 15.0 Å². The van der Waals surface area contributed by atoms with Gasteiger partial charge in [0.2, 0.25) is 5.91 Å². The maximum atomic E-state index is 13.1.